The van der Waals surface area contributed by atoms with Gasteiger partial charge in [-0.1, -0.05) is 0 Å². The van der Waals surface area contributed by atoms with E-state index < -0.39 is 13.5 Å². The third kappa shape index (κ3) is 2.90. The molecule has 4 heteroatoms. The molecule has 0 spiro atoms. The third-order valence-corrected chi connectivity index (χ3v) is 3.70. The summed E-state index contributed by atoms with van der Waals surface area (Å²) in [6.07, 6.45) is 0. The van der Waals surface area contributed by atoms with Gasteiger partial charge in [-0.3, -0.25) is 0 Å². The number of hydrogen-bond donors (Lipinski definition) is 0. The van der Waals surface area contributed by atoms with Gasteiger partial charge in [-0.15, -0.1) is 0 Å². The molecule has 0 aliphatic carbocycles. The van der Waals surface area contributed by atoms with Crippen LogP contribution in [0.1, 0.15) is 4.88 Å². The van der Waals surface area contributed by atoms with E-state index in [0.29, 0.717) is 0 Å². The van der Waals surface area contributed by atoms with E-state index >= 15 is 0 Å². The molecule has 0 atom stereocenters. The Balaban J connectivity index is 2.80. The summed E-state index contributed by atoms with van der Waals surface area (Å²) in [5.41, 5.74) is 0. The van der Waals surface area contributed by atoms with E-state index in [4.69, 9.17) is 19.4 Å². The van der Waals surface area contributed by atoms with Gasteiger partial charge in [0.25, 0.3) is 0 Å². The zero-order valence-corrected chi connectivity index (χ0v) is 8.39. The van der Waals surface area contributed by atoms with E-state index in [1.807, 2.05) is 22.1 Å². The molecule has 0 amide bonds. The third-order valence-electron chi connectivity index (χ3n) is 0.721. The average molecular weight is 268 g/mol. The molecule has 1 rings (SSSR count). The Hall–Kier alpha value is 0.773. The Morgan fingerprint density at radius 3 is 2.78 bits per heavy atom. The van der Waals surface area contributed by atoms with Crippen molar-refractivity contribution >= 4 is 35.3 Å². The maximum absolute atomic E-state index is 5.63. The van der Waals surface area contributed by atoms with E-state index in [0.717, 1.165) is 0 Å². The van der Waals surface area contributed by atoms with Gasteiger partial charge in [-0.25, -0.2) is 0 Å². The molecule has 0 aliphatic heterocycles. The number of halogens is 2. The fourth-order valence-electron chi connectivity index (χ4n) is 0.425. The van der Waals surface area contributed by atoms with Gasteiger partial charge in [0.1, 0.15) is 0 Å². The van der Waals surface area contributed by atoms with Crippen LogP contribution < -0.4 is 0 Å². The second-order valence-electron chi connectivity index (χ2n) is 1.32. The van der Waals surface area contributed by atoms with Crippen molar-refractivity contribution in [1.29, 1.82) is 0 Å². The van der Waals surface area contributed by atoms with E-state index in [-0.39, 0.29) is 0 Å². The summed E-state index contributed by atoms with van der Waals surface area (Å²) in [7, 11) is 11.3. The van der Waals surface area contributed by atoms with Crippen LogP contribution >= 0.6 is 30.7 Å². The van der Waals surface area contributed by atoms with Gasteiger partial charge in [0.2, 0.25) is 0 Å². The fraction of sp³-hybridized carbons (Fsp3) is 0. The first kappa shape index (κ1) is 7.88. The zero-order chi connectivity index (χ0) is 6.69. The molecular formula is C5H4Cl2RuS-2. The summed E-state index contributed by atoms with van der Waals surface area (Å²) < 4.78 is 1.94. The Morgan fingerprint density at radius 2 is 2.33 bits per heavy atom. The van der Waals surface area contributed by atoms with Crippen molar-refractivity contribution in [2.24, 2.45) is 0 Å². The summed E-state index contributed by atoms with van der Waals surface area (Å²) in [4.78, 5) is 1.18. The van der Waals surface area contributed by atoms with E-state index in [2.05, 4.69) is 0 Å². The summed E-state index contributed by atoms with van der Waals surface area (Å²) in [5, 5.41) is 2.01. The van der Waals surface area contributed by atoms with Crippen LogP contribution in [0.3, 0.4) is 0 Å². The Bertz CT molecular complexity index is 201. The Morgan fingerprint density at radius 1 is 1.56 bits per heavy atom. The molecule has 0 unspecified atom stereocenters. The van der Waals surface area contributed by atoms with Crippen molar-refractivity contribution < 1.29 is 13.5 Å². The fourth-order valence-corrected chi connectivity index (χ4v) is 3.86. The first-order chi connectivity index (χ1) is 4.29. The van der Waals surface area contributed by atoms with Gasteiger partial charge in [0, 0.05) is 0 Å². The average Bonchev–Trinajstić information content (AvgIpc) is 2.15. The molecule has 0 aliphatic rings. The van der Waals surface area contributed by atoms with Crippen molar-refractivity contribution in [3.63, 3.8) is 0 Å². The minimum atomic E-state index is -1.57. The molecule has 0 saturated heterocycles. The summed E-state index contributed by atoms with van der Waals surface area (Å²) >= 11 is 0.0926. The van der Waals surface area contributed by atoms with Crippen LogP contribution in [0.2, 0.25) is 0 Å². The van der Waals surface area contributed by atoms with Gasteiger partial charge in [0.05, 0.1) is 0 Å². The summed E-state index contributed by atoms with van der Waals surface area (Å²) in [6.45, 7) is 0. The maximum atomic E-state index is 5.63. The molecule has 9 heavy (non-hydrogen) atoms. The van der Waals surface area contributed by atoms with Crippen molar-refractivity contribution in [3.05, 3.63) is 22.4 Å². The standard InChI is InChI=1S/C5H4S.2ClH.Ru/c1-5-3-2-4-6-5;;;/h1-4H;2*1H;/p-2. The zero-order valence-electron chi connectivity index (χ0n) is 4.33. The predicted molar refractivity (Wildman–Crippen MR) is 41.2 cm³/mol. The topological polar surface area (TPSA) is 0 Å². The Kier molecular flexibility index (Phi) is 3.35. The van der Waals surface area contributed by atoms with Crippen molar-refractivity contribution in [2.45, 2.75) is 0 Å². The second-order valence-corrected chi connectivity index (χ2v) is 8.03. The molecule has 1 aromatic rings. The van der Waals surface area contributed by atoms with Crippen LogP contribution in [0.25, 0.3) is 0 Å². The molecule has 0 radical (unpaired) electrons. The van der Waals surface area contributed by atoms with Crippen LogP contribution in [-0.4, -0.2) is 4.61 Å². The van der Waals surface area contributed by atoms with Crippen LogP contribution in [0, 0.1) is 0 Å². The molecule has 0 aromatic carbocycles. The molecule has 1 heterocycles. The van der Waals surface area contributed by atoms with E-state index in [1.54, 1.807) is 11.3 Å². The van der Waals surface area contributed by atoms with Crippen molar-refractivity contribution in [2.75, 3.05) is 0 Å². The van der Waals surface area contributed by atoms with Crippen LogP contribution in [0.5, 0.6) is 0 Å². The monoisotopic (exact) mass is 268 g/mol. The van der Waals surface area contributed by atoms with Crippen LogP contribution in [-0.2, 0) is 13.5 Å². The molecule has 0 fully saturated rings. The van der Waals surface area contributed by atoms with Crippen molar-refractivity contribution in [1.82, 2.24) is 0 Å². The normalized spacial score (nSPS) is 11.1. The van der Waals surface area contributed by atoms with Crippen molar-refractivity contribution in [3.8, 4) is 0 Å². The first-order valence-corrected chi connectivity index (χ1v) is 8.51. The number of rotatable bonds is 1. The molecule has 1 aromatic heterocycles. The van der Waals surface area contributed by atoms with Gasteiger partial charge < -0.3 is 0 Å². The predicted octanol–water partition coefficient (Wildman–Crippen LogP) is 2.82. The Labute approximate surface area is 70.9 Å². The molecule has 0 N–H and O–H groups in total. The number of hydrogen-bond acceptors (Lipinski definition) is 1. The van der Waals surface area contributed by atoms with E-state index in [1.165, 1.54) is 4.88 Å². The minimum absolute atomic E-state index is 1.18. The van der Waals surface area contributed by atoms with Crippen LogP contribution in [0.4, 0.5) is 0 Å². The van der Waals surface area contributed by atoms with Gasteiger partial charge in [0.15, 0.2) is 0 Å². The molecule has 0 nitrogen and oxygen atoms in total. The molecule has 0 saturated carbocycles. The number of thiophene rings is 1. The first-order valence-electron chi connectivity index (χ1n) is 2.16. The second kappa shape index (κ2) is 3.82. The SMILES string of the molecule is [Cl][Ru-2]([Cl])=[CH]c1cccs1. The summed E-state index contributed by atoms with van der Waals surface area (Å²) in [6, 6.07) is 4.00. The summed E-state index contributed by atoms with van der Waals surface area (Å²) in [5.74, 6) is 0. The quantitative estimate of drug-likeness (QED) is 0.687. The van der Waals surface area contributed by atoms with E-state index in [9.17, 15) is 0 Å². The van der Waals surface area contributed by atoms with Gasteiger partial charge in [-0.2, -0.15) is 0 Å². The molecule has 0 bridgehead atoms. The van der Waals surface area contributed by atoms with Gasteiger partial charge >= 0.3 is 71.2 Å². The van der Waals surface area contributed by atoms with Crippen LogP contribution in [0.15, 0.2) is 17.5 Å². The van der Waals surface area contributed by atoms with Gasteiger partial charge in [-0.05, 0) is 0 Å². The molecular weight excluding hydrogens is 264 g/mol. The molecule has 54 valence electrons.